The average molecular weight is 363 g/mol. The van der Waals surface area contributed by atoms with Crippen molar-refractivity contribution in [3.8, 4) is 0 Å². The molecule has 0 aromatic heterocycles. The highest BCUT2D eigenvalue weighted by Gasteiger charge is 2.61. The lowest BCUT2D eigenvalue weighted by molar-refractivity contribution is -0.147. The molecule has 140 valence electrons. The van der Waals surface area contributed by atoms with Gasteiger partial charge in [-0.3, -0.25) is 0 Å². The van der Waals surface area contributed by atoms with Gasteiger partial charge in [0.05, 0.1) is 11.4 Å². The smallest absolute Gasteiger partial charge is 0.0742 e. The molecule has 25 heavy (non-hydrogen) atoms. The minimum atomic E-state index is -0.271. The Bertz CT molecular complexity index is 488. The van der Waals surface area contributed by atoms with Crippen LogP contribution in [0.3, 0.4) is 0 Å². The van der Waals surface area contributed by atoms with Crippen molar-refractivity contribution in [2.24, 2.45) is 46.3 Å². The Labute approximate surface area is 156 Å². The van der Waals surface area contributed by atoms with Crippen molar-refractivity contribution in [2.75, 3.05) is 0 Å². The maximum absolute atomic E-state index is 11.8. The van der Waals surface area contributed by atoms with Crippen LogP contribution in [0.4, 0.5) is 0 Å². The first-order valence-corrected chi connectivity index (χ1v) is 11.9. The SMILES string of the molecule is OSC(C(O)C12CC3CC(CC(C3)C1)C2)C12CC3CC(CC(C3)C1)C2. The third-order valence-corrected chi connectivity index (χ3v) is 10.8. The van der Waals surface area contributed by atoms with E-state index in [-0.39, 0.29) is 22.2 Å². The lowest BCUT2D eigenvalue weighted by atomic mass is 9.44. The van der Waals surface area contributed by atoms with Gasteiger partial charge in [-0.15, -0.1) is 0 Å². The molecule has 8 aliphatic carbocycles. The van der Waals surface area contributed by atoms with Crippen LogP contribution in [0.2, 0.25) is 0 Å². The number of hydrogen-bond donors (Lipinski definition) is 2. The summed E-state index contributed by atoms with van der Waals surface area (Å²) in [6, 6.07) is 0. The van der Waals surface area contributed by atoms with E-state index >= 15 is 0 Å². The normalized spacial score (nSPS) is 57.8. The van der Waals surface area contributed by atoms with E-state index in [2.05, 4.69) is 0 Å². The molecule has 0 spiro atoms. The average Bonchev–Trinajstić information content (AvgIpc) is 2.52. The zero-order chi connectivity index (χ0) is 16.8. The number of aliphatic hydroxyl groups excluding tert-OH is 1. The second-order valence-electron chi connectivity index (χ2n) is 11.5. The molecule has 0 heterocycles. The fourth-order valence-electron chi connectivity index (χ4n) is 9.89. The molecule has 8 aliphatic rings. The van der Waals surface area contributed by atoms with Gasteiger partial charge in [-0.2, -0.15) is 0 Å². The fourth-order valence-corrected chi connectivity index (χ4v) is 10.8. The van der Waals surface area contributed by atoms with E-state index in [9.17, 15) is 9.66 Å². The van der Waals surface area contributed by atoms with Crippen LogP contribution in [0.1, 0.15) is 77.0 Å². The van der Waals surface area contributed by atoms with Crippen molar-refractivity contribution in [3.05, 3.63) is 0 Å². The molecule has 2 atom stereocenters. The molecule has 8 bridgehead atoms. The minimum Gasteiger partial charge on any atom is -0.391 e. The lowest BCUT2D eigenvalue weighted by Crippen LogP contribution is -2.60. The van der Waals surface area contributed by atoms with Crippen molar-refractivity contribution in [1.82, 2.24) is 0 Å². The van der Waals surface area contributed by atoms with Gasteiger partial charge >= 0.3 is 0 Å². The largest absolute Gasteiger partial charge is 0.391 e. The van der Waals surface area contributed by atoms with Crippen LogP contribution in [0.15, 0.2) is 0 Å². The van der Waals surface area contributed by atoms with Gasteiger partial charge in [0, 0.05) is 0 Å². The van der Waals surface area contributed by atoms with Crippen LogP contribution in [0.25, 0.3) is 0 Å². The van der Waals surface area contributed by atoms with E-state index in [4.69, 9.17) is 0 Å². The first-order valence-electron chi connectivity index (χ1n) is 11.1. The second kappa shape index (κ2) is 5.41. The number of rotatable bonds is 4. The number of aliphatic hydroxyl groups is 1. The van der Waals surface area contributed by atoms with Crippen molar-refractivity contribution in [2.45, 2.75) is 88.4 Å². The maximum atomic E-state index is 11.8. The van der Waals surface area contributed by atoms with Gasteiger partial charge in [0.25, 0.3) is 0 Å². The van der Waals surface area contributed by atoms with E-state index < -0.39 is 0 Å². The predicted molar refractivity (Wildman–Crippen MR) is 101 cm³/mol. The molecule has 0 radical (unpaired) electrons. The van der Waals surface area contributed by atoms with Gasteiger partial charge in [-0.05, 0) is 135 Å². The van der Waals surface area contributed by atoms with Crippen LogP contribution < -0.4 is 0 Å². The van der Waals surface area contributed by atoms with Crippen LogP contribution in [-0.4, -0.2) is 21.0 Å². The minimum absolute atomic E-state index is 0.0807. The Kier molecular flexibility index (Phi) is 3.52. The first kappa shape index (κ1) is 16.2. The molecule has 0 amide bonds. The van der Waals surface area contributed by atoms with E-state index in [1.54, 1.807) is 0 Å². The van der Waals surface area contributed by atoms with Gasteiger partial charge in [0.15, 0.2) is 0 Å². The third kappa shape index (κ3) is 2.30. The van der Waals surface area contributed by atoms with E-state index in [0.29, 0.717) is 0 Å². The van der Waals surface area contributed by atoms with Gasteiger partial charge in [-0.25, -0.2) is 0 Å². The van der Waals surface area contributed by atoms with Crippen LogP contribution in [0, 0.1) is 46.3 Å². The molecule has 8 rings (SSSR count). The first-order chi connectivity index (χ1) is 12.1. The molecule has 8 saturated carbocycles. The fraction of sp³-hybridized carbons (Fsp3) is 1.00. The highest BCUT2D eigenvalue weighted by molar-refractivity contribution is 7.94. The van der Waals surface area contributed by atoms with Crippen molar-refractivity contribution >= 4 is 12.0 Å². The lowest BCUT2D eigenvalue weighted by Gasteiger charge is -2.63. The summed E-state index contributed by atoms with van der Waals surface area (Å²) in [7, 11) is 0. The second-order valence-corrected chi connectivity index (χ2v) is 12.2. The Morgan fingerprint density at radius 2 is 0.920 bits per heavy atom. The molecule has 2 nitrogen and oxygen atoms in total. The Balaban J connectivity index is 1.32. The summed E-state index contributed by atoms with van der Waals surface area (Å²) in [6.45, 7) is 0. The van der Waals surface area contributed by atoms with Crippen LogP contribution in [-0.2, 0) is 0 Å². The molecule has 8 fully saturated rings. The van der Waals surface area contributed by atoms with Gasteiger partial charge < -0.3 is 9.66 Å². The molecule has 0 saturated heterocycles. The molecule has 0 aromatic rings. The molecule has 0 aromatic carbocycles. The molecule has 3 heteroatoms. The Hall–Kier alpha value is 0.270. The summed E-state index contributed by atoms with van der Waals surface area (Å²) in [5.41, 5.74) is 0.398. The van der Waals surface area contributed by atoms with Crippen molar-refractivity contribution in [1.29, 1.82) is 0 Å². The number of hydrogen-bond acceptors (Lipinski definition) is 3. The Morgan fingerprint density at radius 3 is 1.24 bits per heavy atom. The third-order valence-electron chi connectivity index (χ3n) is 9.80. The van der Waals surface area contributed by atoms with E-state index in [0.717, 1.165) is 47.6 Å². The maximum Gasteiger partial charge on any atom is 0.0742 e. The molecular weight excluding hydrogens is 328 g/mol. The van der Waals surface area contributed by atoms with Crippen LogP contribution in [0.5, 0.6) is 0 Å². The van der Waals surface area contributed by atoms with Gasteiger partial charge in [-0.1, -0.05) is 0 Å². The monoisotopic (exact) mass is 362 g/mol. The molecule has 2 unspecified atom stereocenters. The molecular formula is C22H34O2S. The topological polar surface area (TPSA) is 40.5 Å². The summed E-state index contributed by atoms with van der Waals surface area (Å²) >= 11 is 1.07. The summed E-state index contributed by atoms with van der Waals surface area (Å²) in [6.07, 6.45) is 16.0. The quantitative estimate of drug-likeness (QED) is 0.662. The highest BCUT2D eigenvalue weighted by Crippen LogP contribution is 2.67. The predicted octanol–water partition coefficient (Wildman–Crippen LogP) is 5.35. The van der Waals surface area contributed by atoms with E-state index in [1.165, 1.54) is 77.0 Å². The summed E-state index contributed by atoms with van der Waals surface area (Å²) in [4.78, 5) is 0. The highest BCUT2D eigenvalue weighted by atomic mass is 32.2. The van der Waals surface area contributed by atoms with Gasteiger partial charge in [0.2, 0.25) is 0 Å². The summed E-state index contributed by atoms with van der Waals surface area (Å²) < 4.78 is 10.4. The zero-order valence-corrected chi connectivity index (χ0v) is 16.2. The van der Waals surface area contributed by atoms with Crippen molar-refractivity contribution in [3.63, 3.8) is 0 Å². The molecule has 0 aliphatic heterocycles. The summed E-state index contributed by atoms with van der Waals surface area (Å²) in [5.74, 6) is 5.31. The Morgan fingerprint density at radius 1 is 0.600 bits per heavy atom. The van der Waals surface area contributed by atoms with Crippen LogP contribution >= 0.6 is 12.0 Å². The zero-order valence-electron chi connectivity index (χ0n) is 15.4. The van der Waals surface area contributed by atoms with Gasteiger partial charge in [0.1, 0.15) is 0 Å². The van der Waals surface area contributed by atoms with E-state index in [1.807, 2.05) is 0 Å². The molecule has 2 N–H and O–H groups in total. The van der Waals surface area contributed by atoms with Crippen molar-refractivity contribution < 1.29 is 9.66 Å². The standard InChI is InChI=1S/C22H34O2S/c23-19(21-7-13-1-14(8-21)3-15(2-13)9-21)20(25-24)22-10-16-4-17(11-22)6-18(5-16)12-22/h13-20,23-24H,1-12H2. The summed E-state index contributed by atoms with van der Waals surface area (Å²) in [5, 5.41) is 11.8.